The van der Waals surface area contributed by atoms with Crippen molar-refractivity contribution in [3.63, 3.8) is 0 Å². The van der Waals surface area contributed by atoms with E-state index >= 15 is 0 Å². The van der Waals surface area contributed by atoms with Crippen LogP contribution in [0.3, 0.4) is 0 Å². The maximum absolute atomic E-state index is 11.9. The van der Waals surface area contributed by atoms with E-state index in [-0.39, 0.29) is 5.91 Å². The van der Waals surface area contributed by atoms with Crippen LogP contribution in [-0.4, -0.2) is 12.5 Å². The Hall–Kier alpha value is -2.04. The van der Waals surface area contributed by atoms with Crippen LogP contribution in [-0.2, 0) is 11.4 Å². The first kappa shape index (κ1) is 15.4. The molecule has 4 nitrogen and oxygen atoms in total. The molecule has 1 N–H and O–H groups in total. The van der Waals surface area contributed by atoms with E-state index in [0.29, 0.717) is 29.5 Å². The lowest BCUT2D eigenvalue weighted by molar-refractivity contribution is 0.0361. The number of nitrogens with one attached hydrogen (secondary N) is 1. The zero-order valence-electron chi connectivity index (χ0n) is 11.6. The summed E-state index contributed by atoms with van der Waals surface area (Å²) >= 11 is 5.84. The maximum atomic E-state index is 11.9. The number of halogens is 1. The fraction of sp³-hybridized carbons (Fsp3) is 0.188. The Morgan fingerprint density at radius 1 is 1.14 bits per heavy atom. The van der Waals surface area contributed by atoms with Gasteiger partial charge in [0.1, 0.15) is 12.4 Å². The summed E-state index contributed by atoms with van der Waals surface area (Å²) in [5, 5.41) is 0.676. The summed E-state index contributed by atoms with van der Waals surface area (Å²) in [5.41, 5.74) is 3.76. The molecule has 110 valence electrons. The molecule has 0 radical (unpaired) electrons. The average Bonchev–Trinajstić information content (AvgIpc) is 2.52. The van der Waals surface area contributed by atoms with E-state index < -0.39 is 0 Å². The summed E-state index contributed by atoms with van der Waals surface area (Å²) in [6.07, 6.45) is 0. The van der Waals surface area contributed by atoms with E-state index in [4.69, 9.17) is 21.2 Å². The first-order valence-electron chi connectivity index (χ1n) is 6.59. The van der Waals surface area contributed by atoms with Crippen molar-refractivity contribution < 1.29 is 14.4 Å². The monoisotopic (exact) mass is 305 g/mol. The minimum absolute atomic E-state index is 0.330. The van der Waals surface area contributed by atoms with Crippen molar-refractivity contribution in [3.05, 3.63) is 64.7 Å². The van der Waals surface area contributed by atoms with Crippen molar-refractivity contribution in [3.8, 4) is 5.75 Å². The summed E-state index contributed by atoms with van der Waals surface area (Å²) in [6, 6.07) is 14.4. The van der Waals surface area contributed by atoms with Crippen LogP contribution >= 0.6 is 11.6 Å². The predicted molar refractivity (Wildman–Crippen MR) is 81.3 cm³/mol. The highest BCUT2D eigenvalue weighted by molar-refractivity contribution is 6.30. The first-order chi connectivity index (χ1) is 10.2. The number of rotatable bonds is 6. The molecule has 0 heterocycles. The number of carbonyl (C=O) groups excluding carboxylic acids is 1. The number of carbonyl (C=O) groups is 1. The van der Waals surface area contributed by atoms with Gasteiger partial charge in [-0.25, -0.2) is 5.48 Å². The summed E-state index contributed by atoms with van der Waals surface area (Å²) in [6.45, 7) is 2.55. The number of hydrogen-bond donors (Lipinski definition) is 1. The second kappa shape index (κ2) is 7.67. The van der Waals surface area contributed by atoms with E-state index in [2.05, 4.69) is 5.48 Å². The van der Waals surface area contributed by atoms with E-state index in [1.165, 1.54) is 0 Å². The number of hydroxylamine groups is 1. The van der Waals surface area contributed by atoms with Crippen LogP contribution in [0.5, 0.6) is 5.75 Å². The van der Waals surface area contributed by atoms with Gasteiger partial charge in [0.25, 0.3) is 5.91 Å². The van der Waals surface area contributed by atoms with Crippen LogP contribution in [0, 0.1) is 0 Å². The van der Waals surface area contributed by atoms with Gasteiger partial charge >= 0.3 is 0 Å². The molecule has 0 bridgehead atoms. The van der Waals surface area contributed by atoms with Crippen molar-refractivity contribution >= 4 is 17.5 Å². The molecular formula is C16H16ClNO3. The molecule has 2 aromatic rings. The zero-order valence-corrected chi connectivity index (χ0v) is 12.4. The summed E-state index contributed by atoms with van der Waals surface area (Å²) in [5.74, 6) is 0.174. The van der Waals surface area contributed by atoms with Crippen molar-refractivity contribution in [2.45, 2.75) is 13.5 Å². The van der Waals surface area contributed by atoms with E-state index in [0.717, 1.165) is 5.56 Å². The molecule has 0 fully saturated rings. The van der Waals surface area contributed by atoms with Gasteiger partial charge in [-0.2, -0.15) is 0 Å². The highest BCUT2D eigenvalue weighted by atomic mass is 35.5. The van der Waals surface area contributed by atoms with Crippen LogP contribution < -0.4 is 10.2 Å². The lowest BCUT2D eigenvalue weighted by Gasteiger charge is -2.11. The van der Waals surface area contributed by atoms with Crippen LogP contribution in [0.1, 0.15) is 22.8 Å². The number of benzene rings is 2. The fourth-order valence-electron chi connectivity index (χ4n) is 1.71. The third-order valence-corrected chi connectivity index (χ3v) is 3.00. The molecule has 0 spiro atoms. The highest BCUT2D eigenvalue weighted by Gasteiger charge is 2.11. The molecule has 0 atom stereocenters. The van der Waals surface area contributed by atoms with Crippen molar-refractivity contribution in [2.75, 3.05) is 6.61 Å². The predicted octanol–water partition coefficient (Wildman–Crippen LogP) is 3.60. The molecular weight excluding hydrogens is 290 g/mol. The molecule has 0 saturated heterocycles. The minimum Gasteiger partial charge on any atom is -0.488 e. The average molecular weight is 306 g/mol. The molecule has 21 heavy (non-hydrogen) atoms. The number of ether oxygens (including phenoxy) is 1. The quantitative estimate of drug-likeness (QED) is 0.830. The van der Waals surface area contributed by atoms with Crippen molar-refractivity contribution in [1.82, 2.24) is 5.48 Å². The zero-order chi connectivity index (χ0) is 15.1. The van der Waals surface area contributed by atoms with E-state index in [9.17, 15) is 4.79 Å². The topological polar surface area (TPSA) is 47.6 Å². The van der Waals surface area contributed by atoms with Crippen LogP contribution in [0.4, 0.5) is 0 Å². The number of amides is 1. The molecule has 2 rings (SSSR count). The molecule has 5 heteroatoms. The Morgan fingerprint density at radius 3 is 2.57 bits per heavy atom. The fourth-order valence-corrected chi connectivity index (χ4v) is 1.84. The Bertz CT molecular complexity index is 599. The first-order valence-corrected chi connectivity index (χ1v) is 6.97. The SMILES string of the molecule is CCONC(=O)c1ccccc1OCc1ccc(Cl)cc1. The summed E-state index contributed by atoms with van der Waals surface area (Å²) in [4.78, 5) is 16.9. The molecule has 1 amide bonds. The Kier molecular flexibility index (Phi) is 5.60. The highest BCUT2D eigenvalue weighted by Crippen LogP contribution is 2.20. The van der Waals surface area contributed by atoms with Crippen LogP contribution in [0.2, 0.25) is 5.02 Å². The van der Waals surface area contributed by atoms with E-state index in [1.54, 1.807) is 37.3 Å². The molecule has 2 aromatic carbocycles. The molecule has 0 aromatic heterocycles. The van der Waals surface area contributed by atoms with Gasteiger partial charge in [0.15, 0.2) is 0 Å². The normalized spacial score (nSPS) is 10.2. The molecule has 0 saturated carbocycles. The van der Waals surface area contributed by atoms with Gasteiger partial charge in [0, 0.05) is 5.02 Å². The lowest BCUT2D eigenvalue weighted by atomic mass is 10.2. The molecule has 0 aliphatic rings. The van der Waals surface area contributed by atoms with Gasteiger partial charge in [-0.05, 0) is 36.8 Å². The second-order valence-electron chi connectivity index (χ2n) is 4.28. The smallest absolute Gasteiger partial charge is 0.278 e. The van der Waals surface area contributed by atoms with E-state index in [1.807, 2.05) is 18.2 Å². The Labute approximate surface area is 128 Å². The third kappa shape index (κ3) is 4.48. The number of hydrogen-bond acceptors (Lipinski definition) is 3. The van der Waals surface area contributed by atoms with Gasteiger partial charge in [-0.1, -0.05) is 35.9 Å². The van der Waals surface area contributed by atoms with Gasteiger partial charge < -0.3 is 4.74 Å². The molecule has 0 unspecified atom stereocenters. The number of para-hydroxylation sites is 1. The molecule has 0 aliphatic carbocycles. The van der Waals surface area contributed by atoms with Gasteiger partial charge in [0.05, 0.1) is 12.2 Å². The van der Waals surface area contributed by atoms with Gasteiger partial charge in [-0.15, -0.1) is 0 Å². The largest absolute Gasteiger partial charge is 0.488 e. The third-order valence-electron chi connectivity index (χ3n) is 2.75. The standard InChI is InChI=1S/C16H16ClNO3/c1-2-21-18-16(19)14-5-3-4-6-15(14)20-11-12-7-9-13(17)10-8-12/h3-10H,2,11H2,1H3,(H,18,19). The lowest BCUT2D eigenvalue weighted by Crippen LogP contribution is -2.24. The Morgan fingerprint density at radius 2 is 1.86 bits per heavy atom. The molecule has 0 aliphatic heterocycles. The summed E-state index contributed by atoms with van der Waals surface area (Å²) < 4.78 is 5.70. The van der Waals surface area contributed by atoms with Crippen LogP contribution in [0.25, 0.3) is 0 Å². The van der Waals surface area contributed by atoms with Crippen molar-refractivity contribution in [1.29, 1.82) is 0 Å². The van der Waals surface area contributed by atoms with Gasteiger partial charge in [0.2, 0.25) is 0 Å². The minimum atomic E-state index is -0.330. The maximum Gasteiger partial charge on any atom is 0.278 e. The van der Waals surface area contributed by atoms with Crippen LogP contribution in [0.15, 0.2) is 48.5 Å². The van der Waals surface area contributed by atoms with Gasteiger partial charge in [-0.3, -0.25) is 9.63 Å². The summed E-state index contributed by atoms with van der Waals surface area (Å²) in [7, 11) is 0. The second-order valence-corrected chi connectivity index (χ2v) is 4.71. The van der Waals surface area contributed by atoms with Crippen molar-refractivity contribution in [2.24, 2.45) is 0 Å². The Balaban J connectivity index is 2.06.